The molecule has 10 rings (SSSR count). The Morgan fingerprint density at radius 3 is 1.04 bits per heavy atom. The van der Waals surface area contributed by atoms with E-state index in [4.69, 9.17) is 18.1 Å². The van der Waals surface area contributed by atoms with Crippen LogP contribution in [0.3, 0.4) is 0 Å². The van der Waals surface area contributed by atoms with E-state index in [1.807, 2.05) is 38.1 Å². The Labute approximate surface area is 458 Å². The Bertz CT molecular complexity index is 4250. The first-order chi connectivity index (χ1) is 38.3. The molecule has 0 aromatic heterocycles. The maximum Gasteiger partial charge on any atom is 0.362 e. The van der Waals surface area contributed by atoms with Crippen LogP contribution >= 0.6 is 0 Å². The summed E-state index contributed by atoms with van der Waals surface area (Å²) in [6, 6.07) is 39.4. The SMILES string of the molecule is CC(Cc1ccc(OS(=O)(=O)c2cccc3c2C=CC(=[N+]=[N-])C3=O)cc1)c1ccc(C(C)(c2ccc(OS(=O)(=O)c3cccc4c3C=CC(=[N+]=[N-])C4=O)cc2)c2ccc(OS(=O)(=O)c3cccc4c3C=CC(=[N+]=[N-])C4=O)cc2)cc1. The van der Waals surface area contributed by atoms with Gasteiger partial charge in [-0.3, -0.25) is 14.4 Å². The largest absolute Gasteiger partial charge is 0.379 e. The monoisotopic (exact) mass is 1120 g/mol. The number of benzene rings is 7. The van der Waals surface area contributed by atoms with Gasteiger partial charge in [0.2, 0.25) is 0 Å². The highest BCUT2D eigenvalue weighted by molar-refractivity contribution is 7.87. The van der Waals surface area contributed by atoms with Gasteiger partial charge >= 0.3 is 47.5 Å². The minimum Gasteiger partial charge on any atom is -0.379 e. The van der Waals surface area contributed by atoms with Gasteiger partial charge in [-0.2, -0.15) is 39.6 Å². The fraction of sp³-hybridized carbons (Fsp3) is 0.0847. The quantitative estimate of drug-likeness (QED) is 0.0401. The van der Waals surface area contributed by atoms with E-state index in [9.17, 15) is 50.7 Å². The first kappa shape index (κ1) is 53.6. The minimum absolute atomic E-state index is 0.0131. The number of hydrogen-bond acceptors (Lipinski definition) is 12. The molecule has 0 spiro atoms. The van der Waals surface area contributed by atoms with Gasteiger partial charge in [0.25, 0.3) is 17.3 Å². The van der Waals surface area contributed by atoms with E-state index < -0.39 is 53.1 Å². The molecule has 0 radical (unpaired) electrons. The van der Waals surface area contributed by atoms with E-state index in [2.05, 4.69) is 14.4 Å². The van der Waals surface area contributed by atoms with E-state index >= 15 is 0 Å². The van der Waals surface area contributed by atoms with Gasteiger partial charge in [0, 0.05) is 57.0 Å². The topological polar surface area (TPSA) is 291 Å². The normalized spacial score (nSPS) is 14.9. The molecule has 0 bridgehead atoms. The molecule has 396 valence electrons. The maximum absolute atomic E-state index is 13.8. The number of Topliss-reactive ketones (excluding diaryl/α,β-unsaturated/α-hetero) is 3. The Morgan fingerprint density at radius 1 is 0.425 bits per heavy atom. The first-order valence-electron chi connectivity index (χ1n) is 24.2. The second-order valence-electron chi connectivity index (χ2n) is 18.8. The van der Waals surface area contributed by atoms with Crippen LogP contribution in [0.4, 0.5) is 0 Å². The Balaban J connectivity index is 0.915. The predicted octanol–water partition coefficient (Wildman–Crippen LogP) is 9.33. The third-order valence-corrected chi connectivity index (χ3v) is 17.9. The van der Waals surface area contributed by atoms with E-state index in [-0.39, 0.29) is 88.4 Å². The Kier molecular flexibility index (Phi) is 14.0. The lowest BCUT2D eigenvalue weighted by Crippen LogP contribution is -2.25. The molecule has 3 aliphatic carbocycles. The van der Waals surface area contributed by atoms with Gasteiger partial charge < -0.3 is 29.1 Å². The van der Waals surface area contributed by atoms with E-state index in [1.165, 1.54) is 127 Å². The minimum atomic E-state index is -4.52. The van der Waals surface area contributed by atoms with E-state index in [0.29, 0.717) is 17.5 Å². The smallest absolute Gasteiger partial charge is 0.362 e. The summed E-state index contributed by atoms with van der Waals surface area (Å²) >= 11 is 0. The third kappa shape index (κ3) is 9.91. The lowest BCUT2D eigenvalue weighted by Gasteiger charge is -2.32. The fourth-order valence-corrected chi connectivity index (χ4v) is 13.2. The van der Waals surface area contributed by atoms with Gasteiger partial charge in [0.05, 0.1) is 0 Å². The summed E-state index contributed by atoms with van der Waals surface area (Å²) in [7, 11) is -13.4. The van der Waals surface area contributed by atoms with Gasteiger partial charge in [-0.15, -0.1) is 0 Å². The molecule has 1 atom stereocenters. The third-order valence-electron chi connectivity index (χ3n) is 14.0. The number of fused-ring (bicyclic) bond motifs is 3. The number of ketones is 3. The van der Waals surface area contributed by atoms with Crippen molar-refractivity contribution in [1.29, 1.82) is 0 Å². The molecule has 80 heavy (non-hydrogen) atoms. The van der Waals surface area contributed by atoms with Crippen molar-refractivity contribution in [3.63, 3.8) is 0 Å². The number of hydrogen-bond donors (Lipinski definition) is 0. The Hall–Kier alpha value is -9.84. The molecule has 18 nitrogen and oxygen atoms in total. The molecule has 7 aromatic rings. The van der Waals surface area contributed by atoms with Gasteiger partial charge in [-0.1, -0.05) is 104 Å². The molecule has 0 N–H and O–H groups in total. The van der Waals surface area contributed by atoms with Crippen LogP contribution in [-0.4, -0.2) is 74.1 Å². The summed E-state index contributed by atoms with van der Waals surface area (Å²) in [5.74, 6) is -2.07. The maximum atomic E-state index is 13.8. The number of rotatable bonds is 15. The van der Waals surface area contributed by atoms with E-state index in [0.717, 1.165) is 16.7 Å². The summed E-state index contributed by atoms with van der Waals surface area (Å²) in [5.41, 5.74) is 30.2. The molecule has 3 aliphatic rings. The highest BCUT2D eigenvalue weighted by Crippen LogP contribution is 2.42. The standard InChI is InChI=1S/C59H40N6O12S3/c1-35(34-36-12-22-41(23-13-36)75-78(69,70)53-9-3-6-47-44(53)28-31-50(63-60)56(47)66)37-14-16-38(17-15-37)59(2,39-18-24-42(25-19-39)76-79(71,72)54-10-4-7-48-45(54)29-32-51(64-61)57(48)67)40-20-26-43(27-21-40)77-80(73,74)55-11-5-8-49-46(55)30-33-52(65-62)58(49)68/h3-33,35H,34H2,1-2H3. The highest BCUT2D eigenvalue weighted by Gasteiger charge is 2.36. The number of carbonyl (C=O) groups excluding carboxylic acids is 3. The molecule has 0 amide bonds. The molecule has 0 aliphatic heterocycles. The molecular formula is C59H40N6O12S3. The lowest BCUT2D eigenvalue weighted by atomic mass is 9.71. The van der Waals surface area contributed by atoms with Crippen LogP contribution in [0, 0.1) is 0 Å². The van der Waals surface area contributed by atoms with Crippen molar-refractivity contribution in [2.45, 2.75) is 46.3 Å². The van der Waals surface area contributed by atoms with Crippen molar-refractivity contribution in [3.05, 3.63) is 248 Å². The zero-order valence-corrected chi connectivity index (χ0v) is 44.4. The summed E-state index contributed by atoms with van der Waals surface area (Å²) in [4.78, 5) is 46.6. The van der Waals surface area contributed by atoms with Gasteiger partial charge in [-0.05, 0) is 120 Å². The van der Waals surface area contributed by atoms with Crippen molar-refractivity contribution in [3.8, 4) is 17.2 Å². The van der Waals surface area contributed by atoms with Gasteiger partial charge in [0.15, 0.2) is 0 Å². The molecule has 0 heterocycles. The molecule has 0 saturated heterocycles. The second-order valence-corrected chi connectivity index (χ2v) is 23.3. The zero-order valence-electron chi connectivity index (χ0n) is 42.0. The molecule has 0 fully saturated rings. The van der Waals surface area contributed by atoms with E-state index in [1.54, 1.807) is 36.4 Å². The molecule has 7 aromatic carbocycles. The number of allylic oxidation sites excluding steroid dienone is 3. The predicted molar refractivity (Wildman–Crippen MR) is 292 cm³/mol. The van der Waals surface area contributed by atoms with Gasteiger partial charge in [-0.25, -0.2) is 0 Å². The van der Waals surface area contributed by atoms with Crippen molar-refractivity contribution < 1.29 is 66.6 Å². The van der Waals surface area contributed by atoms with Crippen molar-refractivity contribution in [1.82, 2.24) is 0 Å². The molecule has 1 unspecified atom stereocenters. The molecular weight excluding hydrogens is 1080 g/mol. The summed E-state index contributed by atoms with van der Waals surface area (Å²) < 4.78 is 98.8. The van der Waals surface area contributed by atoms with Gasteiger partial charge in [0.1, 0.15) is 31.9 Å². The van der Waals surface area contributed by atoms with Crippen LogP contribution in [0.5, 0.6) is 17.2 Å². The molecule has 21 heteroatoms. The van der Waals surface area contributed by atoms with Crippen LogP contribution in [0.25, 0.3) is 34.8 Å². The summed E-state index contributed by atoms with van der Waals surface area (Å²) in [6.07, 6.45) is 8.25. The number of carbonyl (C=O) groups is 3. The lowest BCUT2D eigenvalue weighted by molar-refractivity contribution is -0.00459. The van der Waals surface area contributed by atoms with Crippen molar-refractivity contribution in [2.24, 2.45) is 0 Å². The highest BCUT2D eigenvalue weighted by atomic mass is 32.2. The van der Waals surface area contributed by atoms with Crippen molar-refractivity contribution in [2.75, 3.05) is 0 Å². The average molecular weight is 1120 g/mol. The number of nitrogens with zero attached hydrogens (tertiary/aromatic N) is 6. The average Bonchev–Trinajstić information content (AvgIpc) is 3.46. The Morgan fingerprint density at radius 2 is 0.725 bits per heavy atom. The van der Waals surface area contributed by atoms with Crippen molar-refractivity contribution >= 4 is 83.1 Å². The van der Waals surface area contributed by atoms with Crippen LogP contribution in [0.1, 0.15) is 95.3 Å². The van der Waals surface area contributed by atoms with Crippen LogP contribution in [0.2, 0.25) is 0 Å². The van der Waals surface area contributed by atoms with Crippen LogP contribution in [0.15, 0.2) is 185 Å². The molecule has 0 saturated carbocycles. The second kappa shape index (κ2) is 20.8. The van der Waals surface area contributed by atoms with Crippen LogP contribution < -0.4 is 12.5 Å². The first-order valence-corrected chi connectivity index (χ1v) is 28.5. The fourth-order valence-electron chi connectivity index (χ4n) is 9.76. The summed E-state index contributed by atoms with van der Waals surface area (Å²) in [6.45, 7) is 3.97. The zero-order chi connectivity index (χ0) is 56.7. The summed E-state index contributed by atoms with van der Waals surface area (Å²) in [5, 5.41) is 0. The van der Waals surface area contributed by atoms with Crippen LogP contribution in [-0.2, 0) is 42.2 Å².